The van der Waals surface area contributed by atoms with Crippen molar-refractivity contribution in [2.24, 2.45) is 0 Å². The van der Waals surface area contributed by atoms with Gasteiger partial charge in [0, 0.05) is 22.3 Å². The molecule has 2 heterocycles. The molecule has 8 nitrogen and oxygen atoms in total. The minimum atomic E-state index is -0.398. The number of hydrogen-bond donors (Lipinski definition) is 0. The highest BCUT2D eigenvalue weighted by atomic mass is 16.5. The standard InChI is InChI=1S/C60H50N2O6/c1-5-13-41-27-29-43(55-53(41)57(63)61(59(55)65)51-33-31-45(67-3)35-49(51)37-15-7-8-16-37)25-23-39-21-22-40(48-20-12-11-19-47(39)48)24-26-44-30-28-42(14-6-2)54-56(44)60(66)62(58(54)64)52-34-32-46(68-4)36-50(52)38-17-9-10-18-38/h5-6,11-12,19-22,27-38H,1-2,7-10,13-18H2,3-4H3. The zero-order valence-electron chi connectivity index (χ0n) is 38.4. The number of imide groups is 2. The number of methoxy groups -OCH3 is 2. The normalized spacial score (nSPS) is 15.6. The highest BCUT2D eigenvalue weighted by molar-refractivity contribution is 6.37. The number of carbonyl (C=O) groups excluding carboxylic acids is 4. The highest BCUT2D eigenvalue weighted by Gasteiger charge is 2.43. The quantitative estimate of drug-likeness (QED) is 0.0772. The zero-order valence-corrected chi connectivity index (χ0v) is 38.4. The van der Waals surface area contributed by atoms with Gasteiger partial charge in [0.1, 0.15) is 11.5 Å². The first-order valence-electron chi connectivity index (χ1n) is 23.5. The van der Waals surface area contributed by atoms with E-state index >= 15 is 0 Å². The lowest BCUT2D eigenvalue weighted by atomic mass is 9.94. The summed E-state index contributed by atoms with van der Waals surface area (Å²) in [4.78, 5) is 60.8. The third-order valence-corrected chi connectivity index (χ3v) is 14.1. The Balaban J connectivity index is 1.01. The molecule has 0 spiro atoms. The Bertz CT molecular complexity index is 3050. The van der Waals surface area contributed by atoms with Gasteiger partial charge in [0.05, 0.1) is 47.8 Å². The Hall–Kier alpha value is -7.94. The van der Waals surface area contributed by atoms with E-state index in [1.54, 1.807) is 38.5 Å². The van der Waals surface area contributed by atoms with E-state index in [9.17, 15) is 19.2 Å². The lowest BCUT2D eigenvalue weighted by Crippen LogP contribution is -2.31. The van der Waals surface area contributed by atoms with Crippen LogP contribution < -0.4 is 19.3 Å². The lowest BCUT2D eigenvalue weighted by Gasteiger charge is -2.22. The van der Waals surface area contributed by atoms with Crippen LogP contribution in [0.4, 0.5) is 11.4 Å². The van der Waals surface area contributed by atoms with Gasteiger partial charge in [-0.3, -0.25) is 19.2 Å². The van der Waals surface area contributed by atoms with E-state index in [0.29, 0.717) is 80.2 Å². The maximum Gasteiger partial charge on any atom is 0.267 e. The van der Waals surface area contributed by atoms with Crippen molar-refractivity contribution in [3.63, 3.8) is 0 Å². The van der Waals surface area contributed by atoms with E-state index in [0.717, 1.165) is 84.4 Å². The van der Waals surface area contributed by atoms with E-state index in [2.05, 4.69) is 36.8 Å². The molecule has 4 aliphatic rings. The van der Waals surface area contributed by atoms with Gasteiger partial charge in [-0.25, -0.2) is 9.80 Å². The molecule has 0 bridgehead atoms. The number of hydrogen-bond acceptors (Lipinski definition) is 6. The molecule has 8 heteroatoms. The molecule has 2 aliphatic heterocycles. The second-order valence-corrected chi connectivity index (χ2v) is 17.9. The van der Waals surface area contributed by atoms with Gasteiger partial charge in [0.2, 0.25) is 0 Å². The van der Waals surface area contributed by atoms with Crippen LogP contribution >= 0.6 is 0 Å². The second kappa shape index (κ2) is 18.4. The van der Waals surface area contributed by atoms with Gasteiger partial charge in [-0.05, 0) is 144 Å². The van der Waals surface area contributed by atoms with Crippen LogP contribution in [0.1, 0.15) is 149 Å². The van der Waals surface area contributed by atoms with Crippen LogP contribution in [0, 0.1) is 23.7 Å². The third-order valence-electron chi connectivity index (χ3n) is 14.1. The monoisotopic (exact) mass is 894 g/mol. The van der Waals surface area contributed by atoms with E-state index in [1.165, 1.54) is 9.80 Å². The van der Waals surface area contributed by atoms with Gasteiger partial charge in [0.25, 0.3) is 23.6 Å². The first-order valence-corrected chi connectivity index (χ1v) is 23.5. The van der Waals surface area contributed by atoms with Crippen molar-refractivity contribution in [3.05, 3.63) is 189 Å². The maximum atomic E-state index is 14.6. The molecule has 10 rings (SSSR count). The number of fused-ring (bicyclic) bond motifs is 3. The molecular formula is C60H50N2O6. The van der Waals surface area contributed by atoms with Gasteiger partial charge in [-0.15, -0.1) is 13.2 Å². The van der Waals surface area contributed by atoms with E-state index in [4.69, 9.17) is 9.47 Å². The molecule has 0 saturated heterocycles. The summed E-state index contributed by atoms with van der Waals surface area (Å²) in [5, 5.41) is 1.69. The van der Waals surface area contributed by atoms with E-state index in [-0.39, 0.29) is 23.7 Å². The highest BCUT2D eigenvalue weighted by Crippen LogP contribution is 2.45. The van der Waals surface area contributed by atoms with Crippen molar-refractivity contribution >= 4 is 45.8 Å². The average molecular weight is 895 g/mol. The molecule has 0 atom stereocenters. The number of benzene rings is 6. The molecule has 68 heavy (non-hydrogen) atoms. The van der Waals surface area contributed by atoms with Crippen LogP contribution in [-0.2, 0) is 12.8 Å². The van der Waals surface area contributed by atoms with Crippen molar-refractivity contribution in [1.29, 1.82) is 0 Å². The molecule has 4 amide bonds. The van der Waals surface area contributed by atoms with Gasteiger partial charge in [-0.1, -0.05) is 97.9 Å². The summed E-state index contributed by atoms with van der Waals surface area (Å²) in [5.41, 5.74) is 8.17. The fourth-order valence-corrected chi connectivity index (χ4v) is 10.8. The van der Waals surface area contributed by atoms with Crippen LogP contribution in [0.15, 0.2) is 122 Å². The Morgan fingerprint density at radius 1 is 0.500 bits per heavy atom. The Labute approximate surface area is 397 Å². The fraction of sp³-hybridized carbons (Fsp3) is 0.233. The largest absolute Gasteiger partial charge is 0.497 e. The topological polar surface area (TPSA) is 93.2 Å². The average Bonchev–Trinajstić information content (AvgIpc) is 4.20. The first kappa shape index (κ1) is 43.9. The zero-order chi connectivity index (χ0) is 47.1. The number of anilines is 2. The molecule has 2 aliphatic carbocycles. The first-order chi connectivity index (χ1) is 33.2. The minimum absolute atomic E-state index is 0.220. The van der Waals surface area contributed by atoms with Gasteiger partial charge >= 0.3 is 0 Å². The number of rotatable bonds is 10. The third kappa shape index (κ3) is 7.57. The number of amides is 4. The van der Waals surface area contributed by atoms with Gasteiger partial charge in [0.15, 0.2) is 0 Å². The van der Waals surface area contributed by atoms with Crippen molar-refractivity contribution in [3.8, 4) is 35.2 Å². The van der Waals surface area contributed by atoms with Crippen molar-refractivity contribution in [1.82, 2.24) is 0 Å². The molecule has 2 fully saturated rings. The van der Waals surface area contributed by atoms with Crippen molar-refractivity contribution in [2.45, 2.75) is 76.0 Å². The predicted octanol–water partition coefficient (Wildman–Crippen LogP) is 12.0. The molecule has 0 aromatic heterocycles. The summed E-state index contributed by atoms with van der Waals surface area (Å²) in [6.45, 7) is 7.84. The molecule has 0 N–H and O–H groups in total. The summed E-state index contributed by atoms with van der Waals surface area (Å²) in [5.74, 6) is 13.6. The fourth-order valence-electron chi connectivity index (χ4n) is 10.8. The molecule has 0 radical (unpaired) electrons. The smallest absolute Gasteiger partial charge is 0.267 e. The molecule has 2 saturated carbocycles. The Morgan fingerprint density at radius 2 is 0.868 bits per heavy atom. The number of carbonyl (C=O) groups is 4. The molecule has 0 unspecified atom stereocenters. The molecule has 6 aromatic rings. The van der Waals surface area contributed by atoms with Crippen LogP contribution in [0.3, 0.4) is 0 Å². The van der Waals surface area contributed by atoms with Crippen molar-refractivity contribution < 1.29 is 28.7 Å². The van der Waals surface area contributed by atoms with Crippen LogP contribution in [0.5, 0.6) is 11.5 Å². The molecular weight excluding hydrogens is 845 g/mol. The van der Waals surface area contributed by atoms with Crippen LogP contribution in [0.2, 0.25) is 0 Å². The maximum absolute atomic E-state index is 14.6. The predicted molar refractivity (Wildman–Crippen MR) is 267 cm³/mol. The van der Waals surface area contributed by atoms with Gasteiger partial charge in [-0.2, -0.15) is 0 Å². The van der Waals surface area contributed by atoms with Gasteiger partial charge < -0.3 is 9.47 Å². The molecule has 6 aromatic carbocycles. The summed E-state index contributed by atoms with van der Waals surface area (Å²) >= 11 is 0. The summed E-state index contributed by atoms with van der Waals surface area (Å²) in [7, 11) is 3.25. The SMILES string of the molecule is C=CCc1ccc(C#Cc2ccc(C#Cc3ccc(CC=C)c4c3C(=O)N(c3ccc(OC)cc3C3CCCC3)C4=O)c3ccccc23)c2c1C(=O)N(c1ccc(OC)cc1C1CCCC1)C2=O. The van der Waals surface area contributed by atoms with E-state index < -0.39 is 11.8 Å². The summed E-state index contributed by atoms with van der Waals surface area (Å²) in [6.07, 6.45) is 12.6. The summed E-state index contributed by atoms with van der Waals surface area (Å²) < 4.78 is 11.2. The van der Waals surface area contributed by atoms with Crippen LogP contribution in [-0.4, -0.2) is 37.8 Å². The lowest BCUT2D eigenvalue weighted by molar-refractivity contribution is 0.0909. The number of nitrogens with zero attached hydrogens (tertiary/aromatic N) is 2. The number of allylic oxidation sites excluding steroid dienone is 2. The van der Waals surface area contributed by atoms with E-state index in [1.807, 2.05) is 84.9 Å². The van der Waals surface area contributed by atoms with Crippen molar-refractivity contribution in [2.75, 3.05) is 24.0 Å². The molecule has 336 valence electrons. The van der Waals surface area contributed by atoms with Crippen LogP contribution in [0.25, 0.3) is 10.8 Å². The second-order valence-electron chi connectivity index (χ2n) is 17.9. The Morgan fingerprint density at radius 3 is 1.25 bits per heavy atom. The number of ether oxygens (including phenoxy) is 2. The summed E-state index contributed by atoms with van der Waals surface area (Å²) in [6, 6.07) is 30.2. The Kier molecular flexibility index (Phi) is 11.9. The minimum Gasteiger partial charge on any atom is -0.497 e.